The third-order valence-electron chi connectivity index (χ3n) is 2.64. The second-order valence-corrected chi connectivity index (χ2v) is 4.99. The lowest BCUT2D eigenvalue weighted by molar-refractivity contribution is 0.670. The summed E-state index contributed by atoms with van der Waals surface area (Å²) in [5.74, 6) is 0. The first-order valence-electron chi connectivity index (χ1n) is 4.63. The van der Waals surface area contributed by atoms with E-state index in [1.807, 2.05) is 0 Å². The molecule has 0 amide bonds. The molecule has 0 heterocycles. The predicted molar refractivity (Wildman–Crippen MR) is 58.7 cm³/mol. The maximum Gasteiger partial charge on any atom is 0.0208 e. The second kappa shape index (κ2) is 3.10. The quantitative estimate of drug-likeness (QED) is 0.845. The van der Waals surface area contributed by atoms with Gasteiger partial charge in [0.05, 0.1) is 0 Å². The van der Waals surface area contributed by atoms with Crippen LogP contribution in [-0.4, -0.2) is 5.54 Å². The third kappa shape index (κ3) is 2.12. The zero-order chi connectivity index (χ0) is 9.47. The molecular formula is C11H14BrN. The molecule has 1 fully saturated rings. The normalized spacial score (nSPS) is 18.7. The number of hydrogen-bond acceptors (Lipinski definition) is 1. The molecule has 0 unspecified atom stereocenters. The highest BCUT2D eigenvalue weighted by molar-refractivity contribution is 9.10. The standard InChI is InChI=1S/C11H14BrN/c1-8-2-3-10(12)9(6-8)7-11(13)4-5-11/h2-3,6H,4-5,7,13H2,1H3. The van der Waals surface area contributed by atoms with Crippen LogP contribution in [0, 0.1) is 6.92 Å². The summed E-state index contributed by atoms with van der Waals surface area (Å²) < 4.78 is 1.19. The fourth-order valence-electron chi connectivity index (χ4n) is 1.56. The van der Waals surface area contributed by atoms with Gasteiger partial charge in [0.1, 0.15) is 0 Å². The fourth-order valence-corrected chi connectivity index (χ4v) is 1.94. The van der Waals surface area contributed by atoms with Crippen molar-refractivity contribution < 1.29 is 0 Å². The van der Waals surface area contributed by atoms with Gasteiger partial charge in [-0.1, -0.05) is 33.6 Å². The second-order valence-electron chi connectivity index (χ2n) is 4.13. The van der Waals surface area contributed by atoms with Crippen molar-refractivity contribution in [1.29, 1.82) is 0 Å². The summed E-state index contributed by atoms with van der Waals surface area (Å²) in [6.07, 6.45) is 3.36. The molecule has 2 N–H and O–H groups in total. The summed E-state index contributed by atoms with van der Waals surface area (Å²) in [6.45, 7) is 2.12. The monoisotopic (exact) mass is 239 g/mol. The van der Waals surface area contributed by atoms with Crippen LogP contribution in [0.2, 0.25) is 0 Å². The minimum absolute atomic E-state index is 0.107. The van der Waals surface area contributed by atoms with Crippen molar-refractivity contribution in [2.24, 2.45) is 5.73 Å². The van der Waals surface area contributed by atoms with E-state index in [0.717, 1.165) is 6.42 Å². The summed E-state index contributed by atoms with van der Waals surface area (Å²) in [5, 5.41) is 0. The minimum Gasteiger partial charge on any atom is -0.325 e. The van der Waals surface area contributed by atoms with Crippen LogP contribution in [0.4, 0.5) is 0 Å². The Morgan fingerprint density at radius 1 is 1.46 bits per heavy atom. The number of aryl methyl sites for hydroxylation is 1. The molecule has 2 rings (SSSR count). The lowest BCUT2D eigenvalue weighted by atomic mass is 10.0. The molecule has 0 aromatic heterocycles. The van der Waals surface area contributed by atoms with E-state index in [1.54, 1.807) is 0 Å². The third-order valence-corrected chi connectivity index (χ3v) is 3.41. The summed E-state index contributed by atoms with van der Waals surface area (Å²) in [7, 11) is 0. The molecule has 1 nitrogen and oxygen atoms in total. The van der Waals surface area contributed by atoms with Crippen molar-refractivity contribution in [2.75, 3.05) is 0 Å². The van der Waals surface area contributed by atoms with Gasteiger partial charge in [-0.2, -0.15) is 0 Å². The van der Waals surface area contributed by atoms with E-state index in [4.69, 9.17) is 5.73 Å². The van der Waals surface area contributed by atoms with Gasteiger partial charge in [0.15, 0.2) is 0 Å². The molecule has 1 aliphatic carbocycles. The van der Waals surface area contributed by atoms with E-state index in [9.17, 15) is 0 Å². The molecule has 1 saturated carbocycles. The topological polar surface area (TPSA) is 26.0 Å². The number of halogens is 1. The van der Waals surface area contributed by atoms with Crippen LogP contribution < -0.4 is 5.73 Å². The van der Waals surface area contributed by atoms with Crippen molar-refractivity contribution in [3.63, 3.8) is 0 Å². The fraction of sp³-hybridized carbons (Fsp3) is 0.455. The lowest BCUT2D eigenvalue weighted by Gasteiger charge is -2.10. The molecule has 0 saturated heterocycles. The van der Waals surface area contributed by atoms with Crippen LogP contribution in [0.25, 0.3) is 0 Å². The van der Waals surface area contributed by atoms with Gasteiger partial charge in [-0.25, -0.2) is 0 Å². The minimum atomic E-state index is 0.107. The first-order valence-corrected chi connectivity index (χ1v) is 5.42. The van der Waals surface area contributed by atoms with Gasteiger partial charge in [-0.05, 0) is 37.8 Å². The average molecular weight is 240 g/mol. The molecular weight excluding hydrogens is 226 g/mol. The van der Waals surface area contributed by atoms with Crippen LogP contribution in [0.15, 0.2) is 22.7 Å². The van der Waals surface area contributed by atoms with Crippen molar-refractivity contribution in [1.82, 2.24) is 0 Å². The molecule has 0 spiro atoms. The highest BCUT2D eigenvalue weighted by atomic mass is 79.9. The Labute approximate surface area is 87.5 Å². The highest BCUT2D eigenvalue weighted by Crippen LogP contribution is 2.37. The van der Waals surface area contributed by atoms with Crippen LogP contribution in [0.5, 0.6) is 0 Å². The number of benzene rings is 1. The lowest BCUT2D eigenvalue weighted by Crippen LogP contribution is -2.24. The van der Waals surface area contributed by atoms with E-state index < -0.39 is 0 Å². The largest absolute Gasteiger partial charge is 0.325 e. The van der Waals surface area contributed by atoms with Gasteiger partial charge >= 0.3 is 0 Å². The van der Waals surface area contributed by atoms with Crippen LogP contribution >= 0.6 is 15.9 Å². The Balaban J connectivity index is 2.23. The highest BCUT2D eigenvalue weighted by Gasteiger charge is 2.38. The van der Waals surface area contributed by atoms with E-state index in [2.05, 4.69) is 41.1 Å². The van der Waals surface area contributed by atoms with E-state index in [-0.39, 0.29) is 5.54 Å². The van der Waals surface area contributed by atoms with Gasteiger partial charge in [0.25, 0.3) is 0 Å². The molecule has 0 aliphatic heterocycles. The molecule has 0 bridgehead atoms. The zero-order valence-electron chi connectivity index (χ0n) is 7.81. The van der Waals surface area contributed by atoms with Crippen molar-refractivity contribution >= 4 is 15.9 Å². The van der Waals surface area contributed by atoms with Gasteiger partial charge in [0, 0.05) is 10.0 Å². The predicted octanol–water partition coefficient (Wildman–Crippen LogP) is 2.79. The van der Waals surface area contributed by atoms with Gasteiger partial charge in [-0.15, -0.1) is 0 Å². The number of rotatable bonds is 2. The molecule has 1 aromatic rings. The first-order chi connectivity index (χ1) is 6.09. The Bertz CT molecular complexity index is 329. The maximum absolute atomic E-state index is 6.08. The summed E-state index contributed by atoms with van der Waals surface area (Å²) in [4.78, 5) is 0. The molecule has 0 radical (unpaired) electrons. The van der Waals surface area contributed by atoms with Crippen LogP contribution in [-0.2, 0) is 6.42 Å². The molecule has 1 aliphatic rings. The molecule has 2 heteroatoms. The number of hydrogen-bond donors (Lipinski definition) is 1. The summed E-state index contributed by atoms with van der Waals surface area (Å²) in [5.41, 5.74) is 8.84. The van der Waals surface area contributed by atoms with Crippen molar-refractivity contribution in [2.45, 2.75) is 31.7 Å². The Morgan fingerprint density at radius 3 is 2.77 bits per heavy atom. The Kier molecular flexibility index (Phi) is 2.20. The van der Waals surface area contributed by atoms with E-state index in [1.165, 1.54) is 28.4 Å². The molecule has 1 aromatic carbocycles. The zero-order valence-corrected chi connectivity index (χ0v) is 9.39. The maximum atomic E-state index is 6.08. The summed E-state index contributed by atoms with van der Waals surface area (Å²) in [6, 6.07) is 6.44. The van der Waals surface area contributed by atoms with Crippen LogP contribution in [0.3, 0.4) is 0 Å². The van der Waals surface area contributed by atoms with Gasteiger partial charge in [-0.3, -0.25) is 0 Å². The SMILES string of the molecule is Cc1ccc(Br)c(CC2(N)CC2)c1. The Hall–Kier alpha value is -0.340. The average Bonchev–Trinajstić information content (AvgIpc) is 2.76. The van der Waals surface area contributed by atoms with Gasteiger partial charge in [0.2, 0.25) is 0 Å². The van der Waals surface area contributed by atoms with Gasteiger partial charge < -0.3 is 5.73 Å². The molecule has 13 heavy (non-hydrogen) atoms. The van der Waals surface area contributed by atoms with Crippen molar-refractivity contribution in [3.05, 3.63) is 33.8 Å². The molecule has 70 valence electrons. The van der Waals surface area contributed by atoms with E-state index in [0.29, 0.717) is 0 Å². The Morgan fingerprint density at radius 2 is 2.15 bits per heavy atom. The first kappa shape index (κ1) is 9.22. The number of nitrogens with two attached hydrogens (primary N) is 1. The summed E-state index contributed by atoms with van der Waals surface area (Å²) >= 11 is 3.56. The van der Waals surface area contributed by atoms with E-state index >= 15 is 0 Å². The van der Waals surface area contributed by atoms with Crippen molar-refractivity contribution in [3.8, 4) is 0 Å². The molecule has 0 atom stereocenters. The van der Waals surface area contributed by atoms with Crippen LogP contribution in [0.1, 0.15) is 24.0 Å². The smallest absolute Gasteiger partial charge is 0.0208 e.